The lowest BCUT2D eigenvalue weighted by atomic mass is 10.2. The highest BCUT2D eigenvalue weighted by Gasteiger charge is 2.01. The second kappa shape index (κ2) is 7.14. The molecule has 0 atom stereocenters. The summed E-state index contributed by atoms with van der Waals surface area (Å²) in [6.07, 6.45) is 0. The normalized spacial score (nSPS) is 10.2. The summed E-state index contributed by atoms with van der Waals surface area (Å²) in [6, 6.07) is 12.8. The third-order valence-electron chi connectivity index (χ3n) is 2.54. The maximum atomic E-state index is 5.95. The van der Waals surface area contributed by atoms with Gasteiger partial charge in [-0.1, -0.05) is 40.9 Å². The first-order valence-electron chi connectivity index (χ1n) is 5.79. The molecule has 2 N–H and O–H groups in total. The zero-order chi connectivity index (χ0) is 14.5. The van der Waals surface area contributed by atoms with Crippen LogP contribution in [0.3, 0.4) is 0 Å². The highest BCUT2D eigenvalue weighted by Crippen LogP contribution is 2.22. The monoisotopic (exact) mass is 344 g/mol. The summed E-state index contributed by atoms with van der Waals surface area (Å²) in [4.78, 5) is 0. The van der Waals surface area contributed by atoms with E-state index in [1.54, 1.807) is 18.2 Å². The number of rotatable bonds is 3. The van der Waals surface area contributed by atoms with E-state index in [2.05, 4.69) is 10.6 Å². The van der Waals surface area contributed by atoms with Gasteiger partial charge in [-0.15, -0.1) is 0 Å². The third-order valence-corrected chi connectivity index (χ3v) is 3.78. The molecule has 2 aromatic rings. The van der Waals surface area contributed by atoms with Gasteiger partial charge in [0.15, 0.2) is 5.11 Å². The van der Waals surface area contributed by atoms with Gasteiger partial charge in [-0.05, 0) is 54.2 Å². The van der Waals surface area contributed by atoms with E-state index in [-0.39, 0.29) is 0 Å². The van der Waals surface area contributed by atoms with Gasteiger partial charge in [-0.25, -0.2) is 0 Å². The van der Waals surface area contributed by atoms with Crippen LogP contribution < -0.4 is 10.6 Å². The van der Waals surface area contributed by atoms with Crippen LogP contribution in [-0.4, -0.2) is 5.11 Å². The van der Waals surface area contributed by atoms with E-state index in [9.17, 15) is 0 Å². The summed E-state index contributed by atoms with van der Waals surface area (Å²) in [5.74, 6) is 0. The van der Waals surface area contributed by atoms with Crippen molar-refractivity contribution in [3.8, 4) is 0 Å². The number of thiocarbonyl (C=S) groups is 1. The first kappa shape index (κ1) is 15.4. The van der Waals surface area contributed by atoms with Crippen molar-refractivity contribution in [2.75, 3.05) is 5.32 Å². The maximum absolute atomic E-state index is 5.95. The Morgan fingerprint density at radius 2 is 1.65 bits per heavy atom. The quantitative estimate of drug-likeness (QED) is 0.754. The first-order chi connectivity index (χ1) is 9.54. The van der Waals surface area contributed by atoms with Crippen molar-refractivity contribution in [3.05, 3.63) is 63.1 Å². The minimum Gasteiger partial charge on any atom is -0.358 e. The number of hydrogen-bond acceptors (Lipinski definition) is 1. The molecule has 0 amide bonds. The Kier molecular flexibility index (Phi) is 5.49. The molecule has 0 radical (unpaired) electrons. The molecule has 2 nitrogen and oxygen atoms in total. The fourth-order valence-corrected chi connectivity index (χ4v) is 2.18. The maximum Gasteiger partial charge on any atom is 0.171 e. The van der Waals surface area contributed by atoms with Crippen LogP contribution in [0.1, 0.15) is 5.56 Å². The topological polar surface area (TPSA) is 24.1 Å². The van der Waals surface area contributed by atoms with Crippen molar-refractivity contribution in [1.29, 1.82) is 0 Å². The highest BCUT2D eigenvalue weighted by atomic mass is 35.5. The summed E-state index contributed by atoms with van der Waals surface area (Å²) in [7, 11) is 0. The van der Waals surface area contributed by atoms with Crippen molar-refractivity contribution in [1.82, 2.24) is 5.32 Å². The molecular weight excluding hydrogens is 335 g/mol. The number of benzene rings is 2. The Balaban J connectivity index is 1.88. The molecule has 0 aromatic heterocycles. The lowest BCUT2D eigenvalue weighted by Crippen LogP contribution is -2.27. The average molecular weight is 346 g/mol. The summed E-state index contributed by atoms with van der Waals surface area (Å²) in [6.45, 7) is 0.566. The second-order valence-corrected chi connectivity index (χ2v) is 5.72. The van der Waals surface area contributed by atoms with E-state index in [1.165, 1.54) is 0 Å². The molecule has 0 saturated heterocycles. The minimum absolute atomic E-state index is 0.526. The molecule has 0 unspecified atom stereocenters. The molecule has 2 rings (SSSR count). The zero-order valence-corrected chi connectivity index (χ0v) is 13.4. The molecule has 0 bridgehead atoms. The van der Waals surface area contributed by atoms with Crippen LogP contribution in [0, 0.1) is 0 Å². The van der Waals surface area contributed by atoms with Crippen LogP contribution in [0.2, 0.25) is 15.1 Å². The van der Waals surface area contributed by atoms with Crippen molar-refractivity contribution >= 4 is 57.8 Å². The van der Waals surface area contributed by atoms with E-state index in [0.29, 0.717) is 26.7 Å². The van der Waals surface area contributed by atoms with Gasteiger partial charge >= 0.3 is 0 Å². The van der Waals surface area contributed by atoms with E-state index in [4.69, 9.17) is 47.0 Å². The van der Waals surface area contributed by atoms with Crippen LogP contribution in [0.5, 0.6) is 0 Å². The van der Waals surface area contributed by atoms with Crippen LogP contribution in [0.25, 0.3) is 0 Å². The Bertz CT molecular complexity index is 614. The minimum atomic E-state index is 0.526. The molecule has 0 aliphatic carbocycles. The summed E-state index contributed by atoms with van der Waals surface area (Å²) in [5, 5.41) is 8.44. The van der Waals surface area contributed by atoms with Gasteiger partial charge in [-0.2, -0.15) is 0 Å². The standard InChI is InChI=1S/C14H11Cl3N2S/c15-10-2-4-11(5-3-10)19-14(20)18-8-9-1-6-12(16)13(17)7-9/h1-7H,8H2,(H2,18,19,20). The molecular formula is C14H11Cl3N2S. The Labute approximate surface area is 138 Å². The number of anilines is 1. The molecule has 6 heteroatoms. The lowest BCUT2D eigenvalue weighted by molar-refractivity contribution is 0.926. The van der Waals surface area contributed by atoms with Crippen LogP contribution >= 0.6 is 47.0 Å². The Morgan fingerprint density at radius 3 is 2.30 bits per heavy atom. The number of nitrogens with one attached hydrogen (secondary N) is 2. The Hall–Kier alpha value is -1.00. The molecule has 0 saturated carbocycles. The summed E-state index contributed by atoms with van der Waals surface area (Å²) >= 11 is 22.8. The van der Waals surface area contributed by atoms with Crippen LogP contribution in [0.15, 0.2) is 42.5 Å². The first-order valence-corrected chi connectivity index (χ1v) is 7.33. The molecule has 20 heavy (non-hydrogen) atoms. The molecule has 104 valence electrons. The molecule has 0 aliphatic rings. The van der Waals surface area contributed by atoms with Gasteiger partial charge in [0, 0.05) is 17.3 Å². The third kappa shape index (κ3) is 4.53. The van der Waals surface area contributed by atoms with E-state index < -0.39 is 0 Å². The second-order valence-electron chi connectivity index (χ2n) is 4.06. The Morgan fingerprint density at radius 1 is 0.950 bits per heavy atom. The van der Waals surface area contributed by atoms with Gasteiger partial charge in [-0.3, -0.25) is 0 Å². The largest absolute Gasteiger partial charge is 0.358 e. The molecule has 0 heterocycles. The van der Waals surface area contributed by atoms with Gasteiger partial charge in [0.05, 0.1) is 10.0 Å². The number of hydrogen-bond donors (Lipinski definition) is 2. The van der Waals surface area contributed by atoms with Crippen molar-refractivity contribution in [2.45, 2.75) is 6.54 Å². The fraction of sp³-hybridized carbons (Fsp3) is 0.0714. The summed E-state index contributed by atoms with van der Waals surface area (Å²) < 4.78 is 0. The van der Waals surface area contributed by atoms with Crippen molar-refractivity contribution in [2.24, 2.45) is 0 Å². The summed E-state index contributed by atoms with van der Waals surface area (Å²) in [5.41, 5.74) is 1.88. The molecule has 0 spiro atoms. The SMILES string of the molecule is S=C(NCc1ccc(Cl)c(Cl)c1)Nc1ccc(Cl)cc1. The predicted molar refractivity (Wildman–Crippen MR) is 91.0 cm³/mol. The van der Waals surface area contributed by atoms with Gasteiger partial charge < -0.3 is 10.6 Å². The van der Waals surface area contributed by atoms with Gasteiger partial charge in [0.1, 0.15) is 0 Å². The van der Waals surface area contributed by atoms with Crippen LogP contribution in [-0.2, 0) is 6.54 Å². The predicted octanol–water partition coefficient (Wildman–Crippen LogP) is 5.13. The molecule has 2 aromatic carbocycles. The van der Waals surface area contributed by atoms with Gasteiger partial charge in [0.25, 0.3) is 0 Å². The van der Waals surface area contributed by atoms with Crippen molar-refractivity contribution < 1.29 is 0 Å². The lowest BCUT2D eigenvalue weighted by Gasteiger charge is -2.11. The van der Waals surface area contributed by atoms with Crippen molar-refractivity contribution in [3.63, 3.8) is 0 Å². The smallest absolute Gasteiger partial charge is 0.171 e. The fourth-order valence-electron chi connectivity index (χ4n) is 1.54. The van der Waals surface area contributed by atoms with E-state index in [1.807, 2.05) is 24.3 Å². The number of halogens is 3. The van der Waals surface area contributed by atoms with E-state index in [0.717, 1.165) is 11.3 Å². The molecule has 0 fully saturated rings. The zero-order valence-electron chi connectivity index (χ0n) is 10.3. The average Bonchev–Trinajstić information content (AvgIpc) is 2.43. The van der Waals surface area contributed by atoms with Crippen LogP contribution in [0.4, 0.5) is 5.69 Å². The highest BCUT2D eigenvalue weighted by molar-refractivity contribution is 7.80. The molecule has 0 aliphatic heterocycles. The van der Waals surface area contributed by atoms with E-state index >= 15 is 0 Å². The van der Waals surface area contributed by atoms with Gasteiger partial charge in [0.2, 0.25) is 0 Å².